The van der Waals surface area contributed by atoms with Crippen LogP contribution in [-0.2, 0) is 14.8 Å². The number of hydrogen-bond donors (Lipinski definition) is 2. The number of hydrogen-bond acceptors (Lipinski definition) is 7. The van der Waals surface area contributed by atoms with Gasteiger partial charge in [-0.25, -0.2) is 27.3 Å². The highest BCUT2D eigenvalue weighted by atomic mass is 32.2. The molecule has 2 saturated heterocycles. The van der Waals surface area contributed by atoms with Crippen LogP contribution >= 0.6 is 0 Å². The van der Waals surface area contributed by atoms with Crippen LogP contribution in [0.3, 0.4) is 0 Å². The summed E-state index contributed by atoms with van der Waals surface area (Å²) in [5.74, 6) is -0.424. The molecule has 0 radical (unpaired) electrons. The first-order chi connectivity index (χ1) is 17.6. The maximum atomic E-state index is 13.7. The quantitative estimate of drug-likeness (QED) is 0.481. The van der Waals surface area contributed by atoms with E-state index in [0.29, 0.717) is 45.3 Å². The number of imide groups is 1. The molecule has 2 heterocycles. The number of carbonyl (C=O) groups excluding carboxylic acids is 2. The zero-order chi connectivity index (χ0) is 26.4. The Bertz CT molecular complexity index is 1040. The summed E-state index contributed by atoms with van der Waals surface area (Å²) < 4.78 is 42.4. The Labute approximate surface area is 218 Å². The van der Waals surface area contributed by atoms with Crippen molar-refractivity contribution < 1.29 is 22.4 Å². The number of nitrogens with zero attached hydrogens (tertiary/aromatic N) is 4. The summed E-state index contributed by atoms with van der Waals surface area (Å²) in [5.41, 5.74) is 2.25. The first-order valence-electron chi connectivity index (χ1n) is 13.7. The van der Waals surface area contributed by atoms with Gasteiger partial charge in [0.2, 0.25) is 15.9 Å². The van der Waals surface area contributed by atoms with Crippen LogP contribution in [0.4, 0.5) is 9.18 Å². The third kappa shape index (κ3) is 5.51. The molecule has 4 atom stereocenters. The molecule has 3 saturated carbocycles. The van der Waals surface area contributed by atoms with E-state index in [9.17, 15) is 27.7 Å². The maximum Gasteiger partial charge on any atom is 0.326 e. The highest BCUT2D eigenvalue weighted by Gasteiger charge is 2.53. The molecular formula is C25H39FN6O4S. The van der Waals surface area contributed by atoms with Gasteiger partial charge in [0.05, 0.1) is 22.8 Å². The van der Waals surface area contributed by atoms with Crippen molar-refractivity contribution >= 4 is 22.0 Å². The third-order valence-electron chi connectivity index (χ3n) is 9.24. The zero-order valence-corrected chi connectivity index (χ0v) is 22.4. The molecule has 3 amide bonds. The number of fused-ring (bicyclic) bond motifs is 1. The lowest BCUT2D eigenvalue weighted by Gasteiger charge is -2.49. The summed E-state index contributed by atoms with van der Waals surface area (Å²) in [6.07, 6.45) is 5.30. The zero-order valence-electron chi connectivity index (χ0n) is 21.6. The summed E-state index contributed by atoms with van der Waals surface area (Å²) in [6.45, 7) is 1.50. The Kier molecular flexibility index (Phi) is 7.53. The van der Waals surface area contributed by atoms with E-state index < -0.39 is 33.4 Å². The first-order valence-corrected chi connectivity index (χ1v) is 15.2. The number of halogens is 1. The van der Waals surface area contributed by atoms with E-state index in [0.717, 1.165) is 32.2 Å². The molecule has 0 aromatic carbocycles. The minimum atomic E-state index is -3.79. The predicted octanol–water partition coefficient (Wildman–Crippen LogP) is 1.61. The average molecular weight is 539 g/mol. The van der Waals surface area contributed by atoms with Gasteiger partial charge in [-0.2, -0.15) is 5.26 Å². The average Bonchev–Trinajstić information content (AvgIpc) is 3.54. The molecule has 5 fully saturated rings. The number of rotatable bonds is 8. The maximum absolute atomic E-state index is 13.7. The van der Waals surface area contributed by atoms with Gasteiger partial charge in [0.1, 0.15) is 6.67 Å². The van der Waals surface area contributed by atoms with E-state index in [1.54, 1.807) is 0 Å². The van der Waals surface area contributed by atoms with Gasteiger partial charge in [-0.05, 0) is 63.7 Å². The van der Waals surface area contributed by atoms with Crippen LogP contribution in [0.25, 0.3) is 0 Å². The van der Waals surface area contributed by atoms with E-state index in [-0.39, 0.29) is 42.2 Å². The van der Waals surface area contributed by atoms with Crippen LogP contribution < -0.4 is 10.1 Å². The molecule has 12 heteroatoms. The molecule has 10 nitrogen and oxygen atoms in total. The van der Waals surface area contributed by atoms with Crippen LogP contribution in [0.5, 0.6) is 0 Å². The topological polar surface area (TPSA) is 126 Å². The van der Waals surface area contributed by atoms with Gasteiger partial charge in [-0.1, -0.05) is 0 Å². The van der Waals surface area contributed by atoms with Gasteiger partial charge in [0.25, 0.3) is 0 Å². The molecule has 5 rings (SSSR count). The highest BCUT2D eigenvalue weighted by molar-refractivity contribution is 7.90. The van der Waals surface area contributed by atoms with E-state index in [1.807, 2.05) is 17.0 Å². The van der Waals surface area contributed by atoms with Crippen molar-refractivity contribution in [3.8, 4) is 6.07 Å². The molecule has 3 aliphatic carbocycles. The van der Waals surface area contributed by atoms with Gasteiger partial charge < -0.3 is 4.90 Å². The monoisotopic (exact) mass is 538 g/mol. The van der Waals surface area contributed by atoms with Gasteiger partial charge in [-0.15, -0.1) is 0 Å². The van der Waals surface area contributed by atoms with Crippen LogP contribution in [-0.4, -0.2) is 91.9 Å². The van der Waals surface area contributed by atoms with Crippen LogP contribution in [0.2, 0.25) is 0 Å². The second-order valence-corrected chi connectivity index (χ2v) is 14.0. The van der Waals surface area contributed by atoms with Gasteiger partial charge in [-0.3, -0.25) is 15.1 Å². The summed E-state index contributed by atoms with van der Waals surface area (Å²) in [5, 5.41) is 10.4. The number of nitrogens with one attached hydrogen (secondary N) is 2. The van der Waals surface area contributed by atoms with E-state index in [1.165, 1.54) is 4.90 Å². The Morgan fingerprint density at radius 3 is 2.43 bits per heavy atom. The molecule has 0 aromatic heterocycles. The summed E-state index contributed by atoms with van der Waals surface area (Å²) in [4.78, 5) is 30.7. The van der Waals surface area contributed by atoms with Crippen molar-refractivity contribution in [2.45, 2.75) is 74.6 Å². The molecule has 37 heavy (non-hydrogen) atoms. The van der Waals surface area contributed by atoms with Crippen LogP contribution in [0.15, 0.2) is 0 Å². The molecule has 2 N–H and O–H groups in total. The fourth-order valence-electron chi connectivity index (χ4n) is 6.74. The predicted molar refractivity (Wildman–Crippen MR) is 134 cm³/mol. The lowest BCUT2D eigenvalue weighted by atomic mass is 9.78. The second-order valence-electron chi connectivity index (χ2n) is 12.0. The standard InChI is InChI=1S/C25H39FN6O4S/c1-30-13-19(12-28-30)15-32-23(33)21-10-20(37(35,36)29-25(16-26)8-9-25)6-7-22(21)31(24(32)34)14-18-4-2-17(11-27)3-5-18/h17-22,28-29H,2-10,12-16H2,1H3. The SMILES string of the molecule is CN1CC(CN2C(=O)C3CC(S(=O)(=O)NC4(CF)CC4)CCC3N(CC3CCC(C#N)CC3)C2=O)CN1. The van der Waals surface area contributed by atoms with E-state index in [4.69, 9.17) is 0 Å². The Balaban J connectivity index is 1.34. The number of hydrazine groups is 1. The summed E-state index contributed by atoms with van der Waals surface area (Å²) in [6, 6.07) is 1.76. The van der Waals surface area contributed by atoms with Crippen molar-refractivity contribution in [2.75, 3.05) is 39.9 Å². The third-order valence-corrected chi connectivity index (χ3v) is 11.3. The fraction of sp³-hybridized carbons (Fsp3) is 0.880. The van der Waals surface area contributed by atoms with Crippen molar-refractivity contribution in [3.63, 3.8) is 0 Å². The number of nitriles is 1. The molecule has 206 valence electrons. The first kappa shape index (κ1) is 26.8. The van der Waals surface area contributed by atoms with E-state index in [2.05, 4.69) is 16.2 Å². The van der Waals surface area contributed by atoms with Crippen molar-refractivity contribution in [1.82, 2.24) is 25.0 Å². The summed E-state index contributed by atoms with van der Waals surface area (Å²) >= 11 is 0. The van der Waals surface area contributed by atoms with Crippen molar-refractivity contribution in [2.24, 2.45) is 23.7 Å². The highest BCUT2D eigenvalue weighted by Crippen LogP contribution is 2.41. The smallest absolute Gasteiger partial charge is 0.320 e. The van der Waals surface area contributed by atoms with Gasteiger partial charge in [0.15, 0.2) is 0 Å². The molecule has 0 spiro atoms. The number of alkyl halides is 1. The summed E-state index contributed by atoms with van der Waals surface area (Å²) in [7, 11) is -1.87. The van der Waals surface area contributed by atoms with Crippen LogP contribution in [0, 0.1) is 35.0 Å². The number of amides is 3. The van der Waals surface area contributed by atoms with Crippen molar-refractivity contribution in [3.05, 3.63) is 0 Å². The molecule has 0 bridgehead atoms. The lowest BCUT2D eigenvalue weighted by Crippen LogP contribution is -2.65. The molecular weight excluding hydrogens is 499 g/mol. The molecule has 4 unspecified atom stereocenters. The lowest BCUT2D eigenvalue weighted by molar-refractivity contribution is -0.141. The Morgan fingerprint density at radius 1 is 1.11 bits per heavy atom. The van der Waals surface area contributed by atoms with Crippen molar-refractivity contribution in [1.29, 1.82) is 5.26 Å². The van der Waals surface area contributed by atoms with Gasteiger partial charge >= 0.3 is 6.03 Å². The normalized spacial score (nSPS) is 36.4. The number of carbonyl (C=O) groups is 2. The second kappa shape index (κ2) is 10.4. The largest absolute Gasteiger partial charge is 0.326 e. The minimum Gasteiger partial charge on any atom is -0.320 e. The van der Waals surface area contributed by atoms with Crippen LogP contribution in [0.1, 0.15) is 57.8 Å². The Morgan fingerprint density at radius 2 is 1.84 bits per heavy atom. The Hall–Kier alpha value is -1.81. The molecule has 2 aliphatic heterocycles. The molecule has 0 aromatic rings. The molecule has 5 aliphatic rings. The van der Waals surface area contributed by atoms with E-state index >= 15 is 0 Å². The number of sulfonamides is 1. The number of urea groups is 1. The van der Waals surface area contributed by atoms with Gasteiger partial charge in [0, 0.05) is 51.1 Å². The fourth-order valence-corrected chi connectivity index (χ4v) is 8.68. The minimum absolute atomic E-state index is 0.0678.